The maximum Gasteiger partial charge on any atom is 0.260 e. The van der Waals surface area contributed by atoms with Crippen molar-refractivity contribution in [2.24, 2.45) is 0 Å². The second-order valence-corrected chi connectivity index (χ2v) is 8.10. The third-order valence-electron chi connectivity index (χ3n) is 5.59. The highest BCUT2D eigenvalue weighted by molar-refractivity contribution is 6.04. The maximum absolute atomic E-state index is 13.2. The number of carbonyl (C=O) groups excluding carboxylic acids is 2. The first-order valence-electron chi connectivity index (χ1n) is 10.9. The molecule has 0 radical (unpaired) electrons. The van der Waals surface area contributed by atoms with Gasteiger partial charge in [-0.25, -0.2) is 4.68 Å². The summed E-state index contributed by atoms with van der Waals surface area (Å²) < 4.78 is 17.3. The molecule has 14 heteroatoms. The van der Waals surface area contributed by atoms with E-state index in [1.807, 2.05) is 0 Å². The van der Waals surface area contributed by atoms with Crippen molar-refractivity contribution in [3.05, 3.63) is 42.7 Å². The van der Waals surface area contributed by atoms with E-state index >= 15 is 0 Å². The Kier molecular flexibility index (Phi) is 5.95. The van der Waals surface area contributed by atoms with E-state index in [-0.39, 0.29) is 12.4 Å². The summed E-state index contributed by atoms with van der Waals surface area (Å²) in [6.45, 7) is 1.91. The number of anilines is 3. The Balaban J connectivity index is 1.32. The number of carbonyl (C=O) groups is 2. The van der Waals surface area contributed by atoms with Crippen molar-refractivity contribution in [3.8, 4) is 11.6 Å². The smallest absolute Gasteiger partial charge is 0.260 e. The number of ether oxygens (including phenoxy) is 2. The summed E-state index contributed by atoms with van der Waals surface area (Å²) in [5.74, 6) is -0.586. The Labute approximate surface area is 203 Å². The first kappa shape index (κ1) is 23.2. The van der Waals surface area contributed by atoms with E-state index < -0.39 is 30.1 Å². The summed E-state index contributed by atoms with van der Waals surface area (Å²) in [7, 11) is 1.47. The fraction of sp³-hybridized carbons (Fsp3) is 0.273. The van der Waals surface area contributed by atoms with Gasteiger partial charge >= 0.3 is 0 Å². The molecular weight excluding hydrogens is 472 g/mol. The zero-order valence-electron chi connectivity index (χ0n) is 19.2. The molecule has 0 saturated carbocycles. The summed E-state index contributed by atoms with van der Waals surface area (Å²) in [5, 5.41) is 29.6. The third kappa shape index (κ3) is 4.30. The van der Waals surface area contributed by atoms with Gasteiger partial charge in [0, 0.05) is 30.1 Å². The van der Waals surface area contributed by atoms with Crippen molar-refractivity contribution in [1.82, 2.24) is 25.1 Å². The second kappa shape index (κ2) is 9.24. The normalized spacial score (nSPS) is 18.9. The van der Waals surface area contributed by atoms with Crippen molar-refractivity contribution < 1.29 is 28.7 Å². The van der Waals surface area contributed by atoms with Crippen LogP contribution in [0.15, 0.2) is 47.2 Å². The Morgan fingerprint density at radius 2 is 2.17 bits per heavy atom. The number of hydrogen-bond acceptors (Lipinski definition) is 11. The van der Waals surface area contributed by atoms with Crippen LogP contribution in [-0.2, 0) is 14.3 Å². The van der Waals surface area contributed by atoms with Crippen LogP contribution < -0.4 is 20.7 Å². The van der Waals surface area contributed by atoms with Crippen molar-refractivity contribution in [3.63, 3.8) is 0 Å². The number of nitrogens with two attached hydrogens (primary N) is 1. The Hall–Kier alpha value is -4.56. The molecule has 0 unspecified atom stereocenters. The summed E-state index contributed by atoms with van der Waals surface area (Å²) in [6, 6.07) is 7.98. The quantitative estimate of drug-likeness (QED) is 0.339. The number of methoxy groups -OCH3 is 1. The molecule has 1 fully saturated rings. The molecule has 0 bridgehead atoms. The van der Waals surface area contributed by atoms with Crippen molar-refractivity contribution >= 4 is 40.1 Å². The number of aliphatic hydroxyl groups excluding tert-OH is 1. The molecule has 4 aromatic rings. The van der Waals surface area contributed by atoms with E-state index in [1.165, 1.54) is 29.0 Å². The number of rotatable bonds is 6. The molecule has 2 amide bonds. The Morgan fingerprint density at radius 3 is 2.97 bits per heavy atom. The van der Waals surface area contributed by atoms with Gasteiger partial charge in [-0.2, -0.15) is 5.10 Å². The number of benzene rings is 1. The molecule has 3 atom stereocenters. The highest BCUT2D eigenvalue weighted by Gasteiger charge is 2.42. The lowest BCUT2D eigenvalue weighted by molar-refractivity contribution is -0.156. The molecular formula is C22H22N8O6. The molecule has 3 aromatic heterocycles. The zero-order chi connectivity index (χ0) is 25.4. The monoisotopic (exact) mass is 494 g/mol. The van der Waals surface area contributed by atoms with E-state index in [9.17, 15) is 14.7 Å². The minimum Gasteiger partial charge on any atom is -0.480 e. The van der Waals surface area contributed by atoms with Crippen LogP contribution in [0.25, 0.3) is 16.7 Å². The molecule has 36 heavy (non-hydrogen) atoms. The van der Waals surface area contributed by atoms with Gasteiger partial charge in [0.2, 0.25) is 5.88 Å². The first-order chi connectivity index (χ1) is 17.3. The van der Waals surface area contributed by atoms with Gasteiger partial charge in [0.15, 0.2) is 29.4 Å². The predicted octanol–water partition coefficient (Wildman–Crippen LogP) is 0.514. The fourth-order valence-electron chi connectivity index (χ4n) is 3.82. The number of amides is 2. The SMILES string of the molecule is COc1cc(-n2ccc(N3C[C@H](C)O[C@H]([C@@H](O)C(=O)Nc4ccc5c(N)noc5c4)C3=O)n2)cnn1. The van der Waals surface area contributed by atoms with Gasteiger partial charge in [-0.3, -0.25) is 14.5 Å². The minimum atomic E-state index is -1.78. The van der Waals surface area contributed by atoms with Crippen LogP contribution >= 0.6 is 0 Å². The van der Waals surface area contributed by atoms with E-state index in [1.54, 1.807) is 37.4 Å². The van der Waals surface area contributed by atoms with E-state index in [0.717, 1.165) is 0 Å². The van der Waals surface area contributed by atoms with Gasteiger partial charge in [0.25, 0.3) is 11.8 Å². The van der Waals surface area contributed by atoms with E-state index in [2.05, 4.69) is 25.8 Å². The number of fused-ring (bicyclic) bond motifs is 1. The molecule has 4 N–H and O–H groups in total. The van der Waals surface area contributed by atoms with Gasteiger partial charge < -0.3 is 30.2 Å². The second-order valence-electron chi connectivity index (χ2n) is 8.10. The molecule has 0 aliphatic carbocycles. The third-order valence-corrected chi connectivity index (χ3v) is 5.59. The largest absolute Gasteiger partial charge is 0.480 e. The van der Waals surface area contributed by atoms with Gasteiger partial charge in [-0.15, -0.1) is 10.2 Å². The number of aliphatic hydroxyl groups is 1. The topological polar surface area (TPSA) is 184 Å². The molecule has 1 aromatic carbocycles. The molecule has 4 heterocycles. The average Bonchev–Trinajstić information content (AvgIpc) is 3.52. The average molecular weight is 494 g/mol. The molecule has 1 saturated heterocycles. The standard InChI is InChI=1S/C22H22N8O6/c1-11-10-29(16-5-6-30(27-16)13-8-17(34-2)26-24-9-13)22(33)19(35-11)18(31)21(32)25-12-3-4-14-15(7-12)36-28-20(14)23/h3-9,11,18-19,31H,10H2,1-2H3,(H2,23,28)(H,25,32)/t11-,18+,19+/m0/s1. The van der Waals surface area contributed by atoms with E-state index in [0.29, 0.717) is 34.0 Å². The van der Waals surface area contributed by atoms with Gasteiger partial charge in [0.05, 0.1) is 37.0 Å². The van der Waals surface area contributed by atoms with Crippen LogP contribution in [0.2, 0.25) is 0 Å². The van der Waals surface area contributed by atoms with Gasteiger partial charge in [-0.05, 0) is 19.1 Å². The number of morpholine rings is 1. The van der Waals surface area contributed by atoms with Crippen LogP contribution in [0.4, 0.5) is 17.3 Å². The number of nitrogens with zero attached hydrogens (tertiary/aromatic N) is 6. The summed E-state index contributed by atoms with van der Waals surface area (Å²) in [5.41, 5.74) is 6.97. The molecule has 1 aliphatic heterocycles. The molecule has 5 rings (SSSR count). The summed E-state index contributed by atoms with van der Waals surface area (Å²) in [4.78, 5) is 27.4. The minimum absolute atomic E-state index is 0.183. The lowest BCUT2D eigenvalue weighted by Crippen LogP contribution is -2.58. The number of hydrogen-bond donors (Lipinski definition) is 3. The molecule has 14 nitrogen and oxygen atoms in total. The predicted molar refractivity (Wildman–Crippen MR) is 125 cm³/mol. The molecule has 1 aliphatic rings. The lowest BCUT2D eigenvalue weighted by atomic mass is 10.1. The van der Waals surface area contributed by atoms with Crippen LogP contribution in [0.1, 0.15) is 6.92 Å². The van der Waals surface area contributed by atoms with Crippen LogP contribution in [0, 0.1) is 0 Å². The van der Waals surface area contributed by atoms with Crippen molar-refractivity contribution in [2.45, 2.75) is 25.2 Å². The van der Waals surface area contributed by atoms with Gasteiger partial charge in [0.1, 0.15) is 0 Å². The van der Waals surface area contributed by atoms with Crippen molar-refractivity contribution in [2.75, 3.05) is 29.6 Å². The Morgan fingerprint density at radius 1 is 1.33 bits per heavy atom. The highest BCUT2D eigenvalue weighted by Crippen LogP contribution is 2.26. The summed E-state index contributed by atoms with van der Waals surface area (Å²) in [6.07, 6.45) is -0.564. The molecule has 0 spiro atoms. The Bertz CT molecular complexity index is 1430. The fourth-order valence-corrected chi connectivity index (χ4v) is 3.82. The van der Waals surface area contributed by atoms with Crippen molar-refractivity contribution in [1.29, 1.82) is 0 Å². The van der Waals surface area contributed by atoms with Gasteiger partial charge in [-0.1, -0.05) is 5.16 Å². The molecule has 186 valence electrons. The maximum atomic E-state index is 13.2. The zero-order valence-corrected chi connectivity index (χ0v) is 19.2. The van der Waals surface area contributed by atoms with E-state index in [4.69, 9.17) is 19.7 Å². The van der Waals surface area contributed by atoms with Crippen LogP contribution in [0.5, 0.6) is 5.88 Å². The number of nitrogens with one attached hydrogen (secondary N) is 1. The highest BCUT2D eigenvalue weighted by atomic mass is 16.5. The van der Waals surface area contributed by atoms with Crippen LogP contribution in [0.3, 0.4) is 0 Å². The number of nitrogen functional groups attached to an aromatic ring is 1. The number of aromatic nitrogens is 5. The van der Waals surface area contributed by atoms with Crippen LogP contribution in [-0.4, -0.2) is 74.0 Å². The lowest BCUT2D eigenvalue weighted by Gasteiger charge is -2.36. The summed E-state index contributed by atoms with van der Waals surface area (Å²) >= 11 is 0. The first-order valence-corrected chi connectivity index (χ1v) is 10.9.